The topological polar surface area (TPSA) is 12.5 Å². The Morgan fingerprint density at radius 1 is 1.14 bits per heavy atom. The third-order valence-electron chi connectivity index (χ3n) is 2.46. The summed E-state index contributed by atoms with van der Waals surface area (Å²) in [5.41, 5.74) is 1.21. The maximum absolute atomic E-state index is 5.49. The highest BCUT2D eigenvalue weighted by atomic mass is 32.1. The van der Waals surface area contributed by atoms with Crippen LogP contribution < -0.4 is 0 Å². The number of benzene rings is 1. The molecule has 1 saturated heterocycles. The number of hydrogen-bond acceptors (Lipinski definition) is 3. The number of morpholine rings is 1. The van der Waals surface area contributed by atoms with Gasteiger partial charge in [-0.3, -0.25) is 0 Å². The third kappa shape index (κ3) is 2.29. The maximum atomic E-state index is 5.49. The van der Waals surface area contributed by atoms with Crippen LogP contribution in [0.15, 0.2) is 30.3 Å². The molecule has 0 saturated carbocycles. The Bertz CT molecular complexity index is 272. The third-order valence-corrected chi connectivity index (χ3v) is 3.03. The molecular formula is C11H14NOS-. The zero-order valence-electron chi connectivity index (χ0n) is 8.06. The minimum Gasteiger partial charge on any atom is -0.769 e. The van der Waals surface area contributed by atoms with Crippen molar-refractivity contribution in [3.05, 3.63) is 35.9 Å². The van der Waals surface area contributed by atoms with Crippen LogP contribution in [0.3, 0.4) is 0 Å². The fraction of sp³-hybridized carbons (Fsp3) is 0.455. The van der Waals surface area contributed by atoms with Gasteiger partial charge in [-0.1, -0.05) is 41.3 Å². The molecule has 1 aromatic carbocycles. The SMILES string of the molecule is [S-]C(c1ccccc1)N1CCOCC1. The molecule has 1 aliphatic rings. The lowest BCUT2D eigenvalue weighted by Gasteiger charge is -2.39. The van der Waals surface area contributed by atoms with Crippen LogP contribution in [0.2, 0.25) is 0 Å². The van der Waals surface area contributed by atoms with Gasteiger partial charge in [-0.25, -0.2) is 0 Å². The summed E-state index contributed by atoms with van der Waals surface area (Å²) in [6, 6.07) is 10.3. The van der Waals surface area contributed by atoms with Gasteiger partial charge in [0, 0.05) is 13.1 Å². The van der Waals surface area contributed by atoms with Crippen LogP contribution in [0.5, 0.6) is 0 Å². The van der Waals surface area contributed by atoms with E-state index in [1.54, 1.807) is 0 Å². The Labute approximate surface area is 90.3 Å². The molecule has 1 unspecified atom stereocenters. The molecule has 1 fully saturated rings. The maximum Gasteiger partial charge on any atom is 0.0593 e. The molecule has 0 radical (unpaired) electrons. The molecule has 2 rings (SSSR count). The number of ether oxygens (including phenoxy) is 1. The second-order valence-electron chi connectivity index (χ2n) is 3.41. The molecule has 0 spiro atoms. The molecule has 0 N–H and O–H groups in total. The van der Waals surface area contributed by atoms with Crippen molar-refractivity contribution in [1.82, 2.24) is 4.90 Å². The zero-order valence-corrected chi connectivity index (χ0v) is 8.87. The smallest absolute Gasteiger partial charge is 0.0593 e. The van der Waals surface area contributed by atoms with Crippen molar-refractivity contribution in [3.8, 4) is 0 Å². The van der Waals surface area contributed by atoms with Crippen LogP contribution in [-0.2, 0) is 17.4 Å². The van der Waals surface area contributed by atoms with E-state index in [0.717, 1.165) is 26.3 Å². The molecule has 2 nitrogen and oxygen atoms in total. The van der Waals surface area contributed by atoms with E-state index in [1.165, 1.54) is 5.56 Å². The van der Waals surface area contributed by atoms with Gasteiger partial charge in [-0.2, -0.15) is 0 Å². The van der Waals surface area contributed by atoms with E-state index < -0.39 is 0 Å². The lowest BCUT2D eigenvalue weighted by atomic mass is 10.2. The van der Waals surface area contributed by atoms with E-state index in [4.69, 9.17) is 17.4 Å². The Morgan fingerprint density at radius 2 is 1.79 bits per heavy atom. The highest BCUT2D eigenvalue weighted by molar-refractivity contribution is 7.59. The highest BCUT2D eigenvalue weighted by Crippen LogP contribution is 2.19. The molecule has 0 bridgehead atoms. The van der Waals surface area contributed by atoms with Gasteiger partial charge in [0.1, 0.15) is 0 Å². The van der Waals surface area contributed by atoms with Crippen molar-refractivity contribution in [2.24, 2.45) is 0 Å². The monoisotopic (exact) mass is 208 g/mol. The van der Waals surface area contributed by atoms with E-state index in [1.807, 2.05) is 18.2 Å². The highest BCUT2D eigenvalue weighted by Gasteiger charge is 2.12. The quantitative estimate of drug-likeness (QED) is 0.684. The zero-order chi connectivity index (χ0) is 9.80. The summed E-state index contributed by atoms with van der Waals surface area (Å²) in [5, 5.41) is 0.0973. The lowest BCUT2D eigenvalue weighted by molar-refractivity contribution is 0.0325. The fourth-order valence-corrected chi connectivity index (χ4v) is 2.01. The largest absolute Gasteiger partial charge is 0.769 e. The van der Waals surface area contributed by atoms with Gasteiger partial charge in [0.2, 0.25) is 0 Å². The Hall–Kier alpha value is -0.510. The van der Waals surface area contributed by atoms with Gasteiger partial charge in [-0.05, 0) is 0 Å². The summed E-state index contributed by atoms with van der Waals surface area (Å²) in [7, 11) is 0. The van der Waals surface area contributed by atoms with Crippen LogP contribution in [0, 0.1) is 0 Å². The molecular weight excluding hydrogens is 194 g/mol. The van der Waals surface area contributed by atoms with E-state index >= 15 is 0 Å². The Morgan fingerprint density at radius 3 is 2.43 bits per heavy atom. The first-order chi connectivity index (χ1) is 6.88. The predicted octanol–water partition coefficient (Wildman–Crippen LogP) is 1.56. The Balaban J connectivity index is 2.03. The van der Waals surface area contributed by atoms with E-state index in [2.05, 4.69) is 17.0 Å². The molecule has 1 heterocycles. The summed E-state index contributed by atoms with van der Waals surface area (Å²) in [5.74, 6) is 0. The molecule has 1 atom stereocenters. The van der Waals surface area contributed by atoms with Crippen LogP contribution >= 0.6 is 0 Å². The van der Waals surface area contributed by atoms with Gasteiger partial charge in [-0.15, -0.1) is 0 Å². The Kier molecular flexibility index (Phi) is 3.45. The first-order valence-electron chi connectivity index (χ1n) is 4.90. The summed E-state index contributed by atoms with van der Waals surface area (Å²) in [6.45, 7) is 3.51. The van der Waals surface area contributed by atoms with Gasteiger partial charge in [0.15, 0.2) is 0 Å². The van der Waals surface area contributed by atoms with Crippen molar-refractivity contribution in [2.75, 3.05) is 26.3 Å². The van der Waals surface area contributed by atoms with Crippen molar-refractivity contribution in [1.29, 1.82) is 0 Å². The van der Waals surface area contributed by atoms with Crippen LogP contribution in [0.4, 0.5) is 0 Å². The minimum atomic E-state index is 0.0973. The summed E-state index contributed by atoms with van der Waals surface area (Å²) >= 11 is 5.49. The molecule has 1 aliphatic heterocycles. The fourth-order valence-electron chi connectivity index (χ4n) is 1.64. The number of hydrogen-bond donors (Lipinski definition) is 0. The standard InChI is InChI=1S/C11H15NOS/c14-11(10-4-2-1-3-5-10)12-6-8-13-9-7-12/h1-5,11,14H,6-9H2/p-1. The first-order valence-corrected chi connectivity index (χ1v) is 5.37. The first kappa shape index (κ1) is 10.0. The van der Waals surface area contributed by atoms with Crippen molar-refractivity contribution in [2.45, 2.75) is 5.37 Å². The molecule has 0 aromatic heterocycles. The normalized spacial score (nSPS) is 20.6. The van der Waals surface area contributed by atoms with E-state index in [9.17, 15) is 0 Å². The minimum absolute atomic E-state index is 0.0973. The van der Waals surface area contributed by atoms with Crippen LogP contribution in [0.1, 0.15) is 10.9 Å². The van der Waals surface area contributed by atoms with Gasteiger partial charge in [0.05, 0.1) is 13.2 Å². The summed E-state index contributed by atoms with van der Waals surface area (Å²) in [4.78, 5) is 2.29. The van der Waals surface area contributed by atoms with Crippen molar-refractivity contribution < 1.29 is 4.74 Å². The molecule has 76 valence electrons. The van der Waals surface area contributed by atoms with Gasteiger partial charge >= 0.3 is 0 Å². The van der Waals surface area contributed by atoms with Crippen LogP contribution in [0.25, 0.3) is 0 Å². The van der Waals surface area contributed by atoms with Crippen molar-refractivity contribution >= 4 is 12.6 Å². The summed E-state index contributed by atoms with van der Waals surface area (Å²) < 4.78 is 5.30. The molecule has 1 aromatic rings. The number of nitrogens with zero attached hydrogens (tertiary/aromatic N) is 1. The predicted molar refractivity (Wildman–Crippen MR) is 58.9 cm³/mol. The van der Waals surface area contributed by atoms with Crippen LogP contribution in [-0.4, -0.2) is 31.2 Å². The van der Waals surface area contributed by atoms with E-state index in [0.29, 0.717) is 0 Å². The second kappa shape index (κ2) is 4.82. The molecule has 0 aliphatic carbocycles. The van der Waals surface area contributed by atoms with Gasteiger partial charge < -0.3 is 22.3 Å². The average Bonchev–Trinajstić information content (AvgIpc) is 2.30. The molecule has 0 amide bonds. The van der Waals surface area contributed by atoms with Crippen molar-refractivity contribution in [3.63, 3.8) is 0 Å². The second-order valence-corrected chi connectivity index (χ2v) is 3.86. The van der Waals surface area contributed by atoms with Gasteiger partial charge in [0.25, 0.3) is 0 Å². The summed E-state index contributed by atoms with van der Waals surface area (Å²) in [6.07, 6.45) is 0. The molecule has 3 heteroatoms. The average molecular weight is 208 g/mol. The van der Waals surface area contributed by atoms with E-state index in [-0.39, 0.29) is 5.37 Å². The molecule has 14 heavy (non-hydrogen) atoms. The number of rotatable bonds is 2. The lowest BCUT2D eigenvalue weighted by Crippen LogP contribution is -2.38.